The van der Waals surface area contributed by atoms with Gasteiger partial charge in [-0.2, -0.15) is 0 Å². The predicted molar refractivity (Wildman–Crippen MR) is 69.8 cm³/mol. The lowest BCUT2D eigenvalue weighted by Gasteiger charge is -2.28. The van der Waals surface area contributed by atoms with E-state index in [1.807, 2.05) is 11.8 Å². The van der Waals surface area contributed by atoms with Gasteiger partial charge < -0.3 is 4.74 Å². The lowest BCUT2D eigenvalue weighted by molar-refractivity contribution is -0.00906. The first-order valence-electron chi connectivity index (χ1n) is 6.14. The van der Waals surface area contributed by atoms with E-state index in [4.69, 9.17) is 16.3 Å². The summed E-state index contributed by atoms with van der Waals surface area (Å²) in [7, 11) is 0. The molecule has 1 aliphatic rings. The number of unbranched alkanes of at least 4 members (excludes halogenated alkanes) is 2. The quantitative estimate of drug-likeness (QED) is 0.618. The maximum atomic E-state index is 6.13. The molecular formula is C12H23ClOS. The van der Waals surface area contributed by atoms with Gasteiger partial charge in [0.2, 0.25) is 0 Å². The number of thioether (sulfide) groups is 1. The van der Waals surface area contributed by atoms with Crippen molar-refractivity contribution >= 4 is 23.4 Å². The molecule has 1 rings (SSSR count). The molecule has 0 amide bonds. The summed E-state index contributed by atoms with van der Waals surface area (Å²) < 4.78 is 6.13. The summed E-state index contributed by atoms with van der Waals surface area (Å²) in [6.45, 7) is 4.48. The molecule has 1 saturated heterocycles. The van der Waals surface area contributed by atoms with Crippen molar-refractivity contribution in [3.8, 4) is 0 Å². The minimum atomic E-state index is 0.103. The number of rotatable bonds is 7. The zero-order valence-electron chi connectivity index (χ0n) is 9.93. The molecule has 0 spiro atoms. The van der Waals surface area contributed by atoms with Gasteiger partial charge >= 0.3 is 0 Å². The first-order chi connectivity index (χ1) is 7.26. The van der Waals surface area contributed by atoms with E-state index in [0.717, 1.165) is 5.75 Å². The van der Waals surface area contributed by atoms with E-state index in [9.17, 15) is 0 Å². The van der Waals surface area contributed by atoms with Crippen molar-refractivity contribution in [2.24, 2.45) is 0 Å². The van der Waals surface area contributed by atoms with Crippen molar-refractivity contribution < 1.29 is 4.74 Å². The van der Waals surface area contributed by atoms with Crippen LogP contribution in [-0.4, -0.2) is 22.7 Å². The van der Waals surface area contributed by atoms with Gasteiger partial charge in [0.1, 0.15) is 4.93 Å². The Hall–Kier alpha value is 0.600. The molecule has 1 nitrogen and oxygen atoms in total. The molecule has 0 aromatic heterocycles. The average Bonchev–Trinajstić information content (AvgIpc) is 2.68. The normalized spacial score (nSPS) is 24.6. The standard InChI is InChI=1S/C12H23ClOS/c1-3-5-7-12(8-6-4-2)14-11(9-13)10-15-12/h11H,3-10H2,1-2H3/t11-/m1/s1. The van der Waals surface area contributed by atoms with Crippen LogP contribution in [0.1, 0.15) is 52.4 Å². The number of hydrogen-bond donors (Lipinski definition) is 0. The molecular weight excluding hydrogens is 228 g/mol. The monoisotopic (exact) mass is 250 g/mol. The molecule has 1 atom stereocenters. The van der Waals surface area contributed by atoms with E-state index < -0.39 is 0 Å². The third-order valence-electron chi connectivity index (χ3n) is 2.91. The van der Waals surface area contributed by atoms with Crippen LogP contribution in [0.2, 0.25) is 0 Å². The maximum absolute atomic E-state index is 6.13. The van der Waals surface area contributed by atoms with Gasteiger partial charge in [-0.25, -0.2) is 0 Å². The van der Waals surface area contributed by atoms with Gasteiger partial charge in [-0.1, -0.05) is 26.7 Å². The number of ether oxygens (including phenoxy) is 1. The van der Waals surface area contributed by atoms with Crippen molar-refractivity contribution in [2.45, 2.75) is 63.4 Å². The predicted octanol–water partition coefficient (Wildman–Crippen LogP) is 4.43. The lowest BCUT2D eigenvalue weighted by Crippen LogP contribution is -2.27. The van der Waals surface area contributed by atoms with Gasteiger partial charge in [0.05, 0.1) is 6.10 Å². The summed E-state index contributed by atoms with van der Waals surface area (Å²) in [6, 6.07) is 0. The van der Waals surface area contributed by atoms with E-state index >= 15 is 0 Å². The molecule has 0 N–H and O–H groups in total. The Kier molecular flexibility index (Phi) is 6.40. The van der Waals surface area contributed by atoms with E-state index in [1.165, 1.54) is 38.5 Å². The average molecular weight is 251 g/mol. The van der Waals surface area contributed by atoms with Crippen LogP contribution in [0, 0.1) is 0 Å². The summed E-state index contributed by atoms with van der Waals surface area (Å²) >= 11 is 7.86. The van der Waals surface area contributed by atoms with Gasteiger partial charge in [-0.05, 0) is 25.7 Å². The van der Waals surface area contributed by atoms with Gasteiger partial charge in [0.15, 0.2) is 0 Å². The molecule has 0 saturated carbocycles. The van der Waals surface area contributed by atoms with Crippen LogP contribution in [0.3, 0.4) is 0 Å². The van der Waals surface area contributed by atoms with Crippen molar-refractivity contribution in [2.75, 3.05) is 11.6 Å². The van der Waals surface area contributed by atoms with Gasteiger partial charge in [-0.15, -0.1) is 23.4 Å². The molecule has 0 aromatic carbocycles. The Morgan fingerprint density at radius 1 is 1.27 bits per heavy atom. The van der Waals surface area contributed by atoms with Crippen LogP contribution in [0.4, 0.5) is 0 Å². The van der Waals surface area contributed by atoms with Gasteiger partial charge in [-0.3, -0.25) is 0 Å². The molecule has 0 radical (unpaired) electrons. The van der Waals surface area contributed by atoms with Crippen LogP contribution in [-0.2, 0) is 4.74 Å². The lowest BCUT2D eigenvalue weighted by atomic mass is 10.1. The minimum absolute atomic E-state index is 0.103. The van der Waals surface area contributed by atoms with Crippen molar-refractivity contribution in [3.05, 3.63) is 0 Å². The summed E-state index contributed by atoms with van der Waals surface area (Å²) in [5, 5.41) is 0. The molecule has 1 aliphatic heterocycles. The Bertz CT molecular complexity index is 167. The van der Waals surface area contributed by atoms with Crippen molar-refractivity contribution in [1.82, 2.24) is 0 Å². The van der Waals surface area contributed by atoms with Crippen LogP contribution >= 0.6 is 23.4 Å². The summed E-state index contributed by atoms with van der Waals surface area (Å²) in [6.07, 6.45) is 7.72. The first-order valence-corrected chi connectivity index (χ1v) is 7.66. The molecule has 1 fully saturated rings. The van der Waals surface area contributed by atoms with Crippen molar-refractivity contribution in [3.63, 3.8) is 0 Å². The van der Waals surface area contributed by atoms with E-state index in [2.05, 4.69) is 13.8 Å². The maximum Gasteiger partial charge on any atom is 0.114 e. The summed E-state index contributed by atoms with van der Waals surface area (Å²) in [5.41, 5.74) is 0. The Balaban J connectivity index is 2.45. The smallest absolute Gasteiger partial charge is 0.114 e. The number of hydrogen-bond acceptors (Lipinski definition) is 2. The van der Waals surface area contributed by atoms with Crippen LogP contribution < -0.4 is 0 Å². The molecule has 0 unspecified atom stereocenters. The highest BCUT2D eigenvalue weighted by Gasteiger charge is 2.39. The third kappa shape index (κ3) is 4.16. The third-order valence-corrected chi connectivity index (χ3v) is 4.82. The number of alkyl halides is 1. The molecule has 0 aliphatic carbocycles. The van der Waals surface area contributed by atoms with Gasteiger partial charge in [0.25, 0.3) is 0 Å². The van der Waals surface area contributed by atoms with Crippen LogP contribution in [0.5, 0.6) is 0 Å². The molecule has 0 aromatic rings. The van der Waals surface area contributed by atoms with E-state index in [0.29, 0.717) is 5.88 Å². The Morgan fingerprint density at radius 3 is 2.27 bits per heavy atom. The van der Waals surface area contributed by atoms with Crippen LogP contribution in [0.15, 0.2) is 0 Å². The van der Waals surface area contributed by atoms with Gasteiger partial charge in [0, 0.05) is 11.6 Å². The second-order valence-electron chi connectivity index (χ2n) is 4.32. The van der Waals surface area contributed by atoms with Crippen molar-refractivity contribution in [1.29, 1.82) is 0 Å². The minimum Gasteiger partial charge on any atom is -0.359 e. The fourth-order valence-corrected chi connectivity index (χ4v) is 3.73. The fraction of sp³-hybridized carbons (Fsp3) is 1.00. The topological polar surface area (TPSA) is 9.23 Å². The van der Waals surface area contributed by atoms with E-state index in [-0.39, 0.29) is 11.0 Å². The second kappa shape index (κ2) is 7.03. The number of halogens is 1. The van der Waals surface area contributed by atoms with Crippen LogP contribution in [0.25, 0.3) is 0 Å². The fourth-order valence-electron chi connectivity index (χ4n) is 1.97. The van der Waals surface area contributed by atoms with E-state index in [1.54, 1.807) is 0 Å². The Morgan fingerprint density at radius 2 is 1.87 bits per heavy atom. The SMILES string of the molecule is CCCCC1(CCCC)O[C@H](CCl)CS1. The second-order valence-corrected chi connectivity index (χ2v) is 6.00. The highest BCUT2D eigenvalue weighted by Crippen LogP contribution is 2.44. The Labute approximate surface area is 103 Å². The molecule has 90 valence electrons. The molecule has 15 heavy (non-hydrogen) atoms. The first kappa shape index (κ1) is 13.7. The summed E-state index contributed by atoms with van der Waals surface area (Å²) in [4.78, 5) is 0.103. The molecule has 0 bridgehead atoms. The summed E-state index contributed by atoms with van der Waals surface area (Å²) in [5.74, 6) is 1.73. The highest BCUT2D eigenvalue weighted by atomic mass is 35.5. The molecule has 1 heterocycles. The largest absolute Gasteiger partial charge is 0.359 e. The zero-order valence-corrected chi connectivity index (χ0v) is 11.5. The highest BCUT2D eigenvalue weighted by molar-refractivity contribution is 8.00. The molecule has 3 heteroatoms. The zero-order chi connectivity index (χ0) is 11.1.